The largest absolute Gasteiger partial charge is 0.497 e. The van der Waals surface area contributed by atoms with E-state index < -0.39 is 12.1 Å². The second kappa shape index (κ2) is 15.9. The summed E-state index contributed by atoms with van der Waals surface area (Å²) in [4.78, 5) is 26.8. The van der Waals surface area contributed by atoms with E-state index in [1.165, 1.54) is 0 Å². The Morgan fingerprint density at radius 1 is 0.711 bits per heavy atom. The van der Waals surface area contributed by atoms with Crippen LogP contribution in [-0.2, 0) is 6.42 Å². The van der Waals surface area contributed by atoms with Crippen molar-refractivity contribution >= 4 is 11.8 Å². The number of aliphatic hydroxyl groups excluding tert-OH is 1. The average Bonchev–Trinajstić information content (AvgIpc) is 3.06. The number of hydrogen-bond acceptors (Lipinski definition) is 6. The van der Waals surface area contributed by atoms with Gasteiger partial charge in [0.25, 0.3) is 11.8 Å². The third kappa shape index (κ3) is 9.41. The van der Waals surface area contributed by atoms with Crippen LogP contribution in [0.5, 0.6) is 11.5 Å². The fourth-order valence-corrected chi connectivity index (χ4v) is 5.17. The van der Waals surface area contributed by atoms with Crippen LogP contribution < -0.4 is 25.4 Å². The molecule has 4 rings (SSSR count). The monoisotopic (exact) mass is 609 g/mol. The van der Waals surface area contributed by atoms with Crippen molar-refractivity contribution in [2.75, 3.05) is 20.8 Å². The van der Waals surface area contributed by atoms with Crippen LogP contribution in [0.1, 0.15) is 68.9 Å². The van der Waals surface area contributed by atoms with Crippen LogP contribution in [0.15, 0.2) is 97.1 Å². The van der Waals surface area contributed by atoms with Crippen molar-refractivity contribution in [1.29, 1.82) is 0 Å². The van der Waals surface area contributed by atoms with Gasteiger partial charge in [0.05, 0.1) is 32.4 Å². The number of rotatable bonds is 14. The Kier molecular flexibility index (Phi) is 11.7. The number of nitrogens with one attached hydrogen (secondary N) is 3. The van der Waals surface area contributed by atoms with E-state index in [4.69, 9.17) is 9.47 Å². The van der Waals surface area contributed by atoms with E-state index >= 15 is 0 Å². The normalized spacial score (nSPS) is 13.6. The van der Waals surface area contributed by atoms with E-state index in [0.29, 0.717) is 17.5 Å². The number of carbonyl (C=O) groups is 2. The van der Waals surface area contributed by atoms with E-state index in [1.54, 1.807) is 32.4 Å². The minimum absolute atomic E-state index is 0.0547. The van der Waals surface area contributed by atoms with Gasteiger partial charge in [-0.1, -0.05) is 54.6 Å². The van der Waals surface area contributed by atoms with Crippen molar-refractivity contribution in [3.63, 3.8) is 0 Å². The molecule has 4 aromatic rings. The molecule has 0 aliphatic rings. The summed E-state index contributed by atoms with van der Waals surface area (Å²) < 4.78 is 10.6. The number of carbonyl (C=O) groups excluding carboxylic acids is 2. The van der Waals surface area contributed by atoms with Crippen LogP contribution in [0, 0.1) is 6.92 Å². The van der Waals surface area contributed by atoms with Crippen molar-refractivity contribution in [3.8, 4) is 11.5 Å². The molecule has 0 aliphatic heterocycles. The summed E-state index contributed by atoms with van der Waals surface area (Å²) in [6.07, 6.45) is -0.457. The Bertz CT molecular complexity index is 1560. The Morgan fingerprint density at radius 2 is 1.36 bits per heavy atom. The average molecular weight is 610 g/mol. The highest BCUT2D eigenvalue weighted by Crippen LogP contribution is 2.20. The summed E-state index contributed by atoms with van der Waals surface area (Å²) in [5.41, 5.74) is 4.45. The molecule has 236 valence electrons. The third-order valence-electron chi connectivity index (χ3n) is 7.87. The van der Waals surface area contributed by atoms with Crippen LogP contribution in [0.25, 0.3) is 0 Å². The number of amides is 2. The highest BCUT2D eigenvalue weighted by atomic mass is 16.5. The molecular formula is C37H43N3O5. The third-order valence-corrected chi connectivity index (χ3v) is 7.87. The number of hydrogen-bond donors (Lipinski definition) is 4. The van der Waals surface area contributed by atoms with Crippen molar-refractivity contribution in [2.24, 2.45) is 0 Å². The molecule has 0 bridgehead atoms. The molecule has 8 heteroatoms. The lowest BCUT2D eigenvalue weighted by Gasteiger charge is -2.26. The van der Waals surface area contributed by atoms with E-state index in [-0.39, 0.29) is 30.4 Å². The van der Waals surface area contributed by atoms with Gasteiger partial charge in [-0.25, -0.2) is 0 Å². The highest BCUT2D eigenvalue weighted by molar-refractivity contribution is 6.00. The van der Waals surface area contributed by atoms with E-state index in [9.17, 15) is 14.7 Å². The maximum atomic E-state index is 13.6. The van der Waals surface area contributed by atoms with E-state index in [1.807, 2.05) is 99.6 Å². The predicted molar refractivity (Wildman–Crippen MR) is 177 cm³/mol. The van der Waals surface area contributed by atoms with Crippen molar-refractivity contribution in [2.45, 2.75) is 51.4 Å². The zero-order valence-electron chi connectivity index (χ0n) is 26.5. The molecule has 0 aromatic heterocycles. The molecule has 0 aliphatic carbocycles. The number of aliphatic hydroxyl groups is 1. The zero-order chi connectivity index (χ0) is 32.3. The van der Waals surface area contributed by atoms with Crippen LogP contribution in [0.3, 0.4) is 0 Å². The molecule has 0 fully saturated rings. The summed E-state index contributed by atoms with van der Waals surface area (Å²) in [6.45, 7) is 6.02. The molecule has 4 N–H and O–H groups in total. The van der Waals surface area contributed by atoms with Gasteiger partial charge in [0.15, 0.2) is 0 Å². The van der Waals surface area contributed by atoms with Gasteiger partial charge in [-0.3, -0.25) is 9.59 Å². The first kappa shape index (κ1) is 33.2. The van der Waals surface area contributed by atoms with Gasteiger partial charge in [0.2, 0.25) is 0 Å². The molecule has 2 amide bonds. The van der Waals surface area contributed by atoms with Gasteiger partial charge < -0.3 is 30.5 Å². The van der Waals surface area contributed by atoms with Gasteiger partial charge in [0, 0.05) is 23.7 Å². The summed E-state index contributed by atoms with van der Waals surface area (Å²) >= 11 is 0. The Morgan fingerprint density at radius 3 is 2.00 bits per heavy atom. The fourth-order valence-electron chi connectivity index (χ4n) is 5.17. The predicted octanol–water partition coefficient (Wildman–Crippen LogP) is 5.56. The first-order chi connectivity index (χ1) is 21.7. The summed E-state index contributed by atoms with van der Waals surface area (Å²) in [5, 5.41) is 20.8. The fraction of sp³-hybridized carbons (Fsp3) is 0.297. The summed E-state index contributed by atoms with van der Waals surface area (Å²) in [5.74, 6) is 0.853. The molecule has 0 saturated heterocycles. The van der Waals surface area contributed by atoms with Gasteiger partial charge in [0.1, 0.15) is 11.5 Å². The molecule has 8 nitrogen and oxygen atoms in total. The van der Waals surface area contributed by atoms with Gasteiger partial charge in [-0.15, -0.1) is 0 Å². The van der Waals surface area contributed by atoms with Gasteiger partial charge >= 0.3 is 0 Å². The minimum Gasteiger partial charge on any atom is -0.497 e. The van der Waals surface area contributed by atoms with Crippen molar-refractivity contribution in [3.05, 3.63) is 130 Å². The number of methoxy groups -OCH3 is 2. The summed E-state index contributed by atoms with van der Waals surface area (Å²) in [7, 11) is 3.24. The number of aryl methyl sites for hydroxylation is 1. The first-order valence-corrected chi connectivity index (χ1v) is 15.1. The second-order valence-electron chi connectivity index (χ2n) is 11.3. The van der Waals surface area contributed by atoms with Gasteiger partial charge in [-0.05, 0) is 91.9 Å². The summed E-state index contributed by atoms with van der Waals surface area (Å²) in [6, 6.07) is 29.2. The topological polar surface area (TPSA) is 109 Å². The maximum Gasteiger partial charge on any atom is 0.251 e. The number of benzene rings is 4. The van der Waals surface area contributed by atoms with Crippen LogP contribution in [0.2, 0.25) is 0 Å². The minimum atomic E-state index is -0.889. The molecule has 0 unspecified atom stereocenters. The molecule has 0 saturated carbocycles. The molecule has 0 radical (unpaired) electrons. The zero-order valence-corrected chi connectivity index (χ0v) is 26.5. The lowest BCUT2D eigenvalue weighted by atomic mass is 9.99. The SMILES string of the molecule is COc1ccc([C@@H](C)NC(=O)c2cc(C)cc(C(=O)N[C@@H](Cc3ccccc3)[C@H](O)CN[C@H](C)c3cccc(OC)c3)c2)cc1. The quantitative estimate of drug-likeness (QED) is 0.149. The second-order valence-corrected chi connectivity index (χ2v) is 11.3. The standard InChI is InChI=1S/C37H43N3O5/c1-24-18-30(36(42)39-26(3)28-14-16-32(44-4)17-15-28)21-31(19-24)37(43)40-34(20-27-10-7-6-8-11-27)35(41)23-38-25(2)29-12-9-13-33(22-29)45-5/h6-19,21-22,25-26,34-35,38,41H,20,23H2,1-5H3,(H,39,42)(H,40,43)/t25-,26-,34+,35-/m1/s1. The lowest BCUT2D eigenvalue weighted by molar-refractivity contribution is 0.0825. The molecule has 4 atom stereocenters. The maximum absolute atomic E-state index is 13.6. The van der Waals surface area contributed by atoms with Crippen molar-refractivity contribution < 1.29 is 24.2 Å². The smallest absolute Gasteiger partial charge is 0.251 e. The molecule has 45 heavy (non-hydrogen) atoms. The van der Waals surface area contributed by atoms with Gasteiger partial charge in [-0.2, -0.15) is 0 Å². The first-order valence-electron chi connectivity index (χ1n) is 15.1. The van der Waals surface area contributed by atoms with E-state index in [2.05, 4.69) is 16.0 Å². The Hall–Kier alpha value is -4.66. The Labute approximate surface area is 265 Å². The molecule has 4 aromatic carbocycles. The van der Waals surface area contributed by atoms with Crippen molar-refractivity contribution in [1.82, 2.24) is 16.0 Å². The lowest BCUT2D eigenvalue weighted by Crippen LogP contribution is -2.49. The van der Waals surface area contributed by atoms with Crippen LogP contribution in [-0.4, -0.2) is 49.8 Å². The molecule has 0 heterocycles. The van der Waals surface area contributed by atoms with Crippen LogP contribution >= 0.6 is 0 Å². The molecular weight excluding hydrogens is 566 g/mol. The number of ether oxygens (including phenoxy) is 2. The highest BCUT2D eigenvalue weighted by Gasteiger charge is 2.24. The van der Waals surface area contributed by atoms with E-state index in [0.717, 1.165) is 33.8 Å². The Balaban J connectivity index is 1.47. The van der Waals surface area contributed by atoms with Crippen LogP contribution in [0.4, 0.5) is 0 Å². The molecule has 0 spiro atoms.